The van der Waals surface area contributed by atoms with Gasteiger partial charge in [0.15, 0.2) is 0 Å². The van der Waals surface area contributed by atoms with Crippen LogP contribution in [0.15, 0.2) is 53.7 Å². The topological polar surface area (TPSA) is 109 Å². The number of pyridine rings is 1. The number of ether oxygens (including phenoxy) is 1. The van der Waals surface area contributed by atoms with Crippen LogP contribution in [0.1, 0.15) is 19.4 Å². The molecule has 0 saturated carbocycles. The van der Waals surface area contributed by atoms with Gasteiger partial charge >= 0.3 is 0 Å². The van der Waals surface area contributed by atoms with Crippen molar-refractivity contribution < 1.29 is 23.2 Å². The van der Waals surface area contributed by atoms with Crippen molar-refractivity contribution in [3.05, 3.63) is 54.4 Å². The monoisotopic (exact) mass is 429 g/mol. The van der Waals surface area contributed by atoms with Gasteiger partial charge in [0.25, 0.3) is 5.91 Å². The molecule has 0 fully saturated rings. The summed E-state index contributed by atoms with van der Waals surface area (Å²) in [5.74, 6) is -0.672. The molecule has 0 aliphatic carbocycles. The molecule has 10 heteroatoms. The molecule has 1 aromatic heterocycles. The summed E-state index contributed by atoms with van der Waals surface area (Å²) in [5.41, 5.74) is 2.19. The second-order valence-electron chi connectivity index (χ2n) is 6.25. The number of hydrogen-bond acceptors (Lipinski definition) is 6. The molecule has 0 unspecified atom stereocenters. The Morgan fingerprint density at radius 2 is 1.89 bits per heavy atom. The number of carbonyl (C=O) groups is 1. The van der Waals surface area contributed by atoms with E-state index in [2.05, 4.69) is 4.98 Å². The van der Waals surface area contributed by atoms with Crippen molar-refractivity contribution in [2.24, 2.45) is 5.92 Å². The van der Waals surface area contributed by atoms with E-state index in [4.69, 9.17) is 9.94 Å². The number of rotatable bonds is 8. The summed E-state index contributed by atoms with van der Waals surface area (Å²) in [6.45, 7) is 3.35. The molecule has 1 amide bonds. The van der Waals surface area contributed by atoms with Crippen LogP contribution in [-0.2, 0) is 21.4 Å². The molecule has 0 spiro atoms. The van der Waals surface area contributed by atoms with Gasteiger partial charge in [-0.25, -0.2) is 13.9 Å². The molecule has 1 heterocycles. The smallest absolute Gasteiger partial charge is 0.262 e. The van der Waals surface area contributed by atoms with E-state index in [0.29, 0.717) is 11.3 Å². The normalized spacial score (nSPS) is 12.4. The minimum Gasteiger partial charge on any atom is -0.497 e. The van der Waals surface area contributed by atoms with Crippen LogP contribution in [0.25, 0.3) is 0 Å². The van der Waals surface area contributed by atoms with Gasteiger partial charge < -0.3 is 4.74 Å². The van der Waals surface area contributed by atoms with Crippen molar-refractivity contribution in [3.8, 4) is 5.75 Å². The maximum atomic E-state index is 13.3. The second-order valence-corrected chi connectivity index (χ2v) is 8.14. The Balaban J connectivity index is 0.00000392. The van der Waals surface area contributed by atoms with E-state index in [1.165, 1.54) is 37.6 Å². The van der Waals surface area contributed by atoms with E-state index < -0.39 is 22.0 Å². The van der Waals surface area contributed by atoms with E-state index in [1.807, 2.05) is 0 Å². The van der Waals surface area contributed by atoms with Gasteiger partial charge in [0.05, 0.1) is 12.0 Å². The van der Waals surface area contributed by atoms with Crippen LogP contribution in [-0.4, -0.2) is 42.0 Å². The molecule has 2 N–H and O–H groups in total. The molecular weight excluding hydrogens is 406 g/mol. The third-order valence-electron chi connectivity index (χ3n) is 4.05. The minimum absolute atomic E-state index is 0. The Morgan fingerprint density at radius 3 is 2.36 bits per heavy atom. The average molecular weight is 430 g/mol. The molecule has 0 radical (unpaired) electrons. The van der Waals surface area contributed by atoms with Crippen LogP contribution in [0, 0.1) is 5.92 Å². The molecule has 28 heavy (non-hydrogen) atoms. The Kier molecular flexibility index (Phi) is 8.83. The summed E-state index contributed by atoms with van der Waals surface area (Å²) in [6, 6.07) is 8.19. The van der Waals surface area contributed by atoms with E-state index in [1.54, 1.807) is 37.7 Å². The zero-order chi connectivity index (χ0) is 20.0. The summed E-state index contributed by atoms with van der Waals surface area (Å²) in [4.78, 5) is 16.3. The Morgan fingerprint density at radius 1 is 1.25 bits per heavy atom. The van der Waals surface area contributed by atoms with Crippen molar-refractivity contribution in [3.63, 3.8) is 0 Å². The van der Waals surface area contributed by atoms with Gasteiger partial charge in [0, 0.05) is 18.9 Å². The highest BCUT2D eigenvalue weighted by Crippen LogP contribution is 2.26. The largest absolute Gasteiger partial charge is 0.497 e. The van der Waals surface area contributed by atoms with Crippen molar-refractivity contribution in [1.29, 1.82) is 0 Å². The van der Waals surface area contributed by atoms with E-state index >= 15 is 0 Å². The third-order valence-corrected chi connectivity index (χ3v) is 5.89. The highest BCUT2D eigenvalue weighted by atomic mass is 35.5. The van der Waals surface area contributed by atoms with Gasteiger partial charge in [-0.3, -0.25) is 15.0 Å². The summed E-state index contributed by atoms with van der Waals surface area (Å²) in [5, 5.41) is 9.12. The standard InChI is InChI=1S/C18H23N3O5S.ClH/c1-13(2)17(18(22)20-23)21(12-14-5-4-10-19-11-14)27(24,25)16-8-6-15(26-3)7-9-16;/h4-11,13,17,23H,12H2,1-3H3,(H,20,22);1H/t17-;/m0./s1. The van der Waals surface area contributed by atoms with Gasteiger partial charge in [-0.15, -0.1) is 12.4 Å². The van der Waals surface area contributed by atoms with Gasteiger partial charge in [-0.2, -0.15) is 4.31 Å². The number of methoxy groups -OCH3 is 1. The van der Waals surface area contributed by atoms with Crippen molar-refractivity contribution >= 4 is 28.3 Å². The van der Waals surface area contributed by atoms with Gasteiger partial charge in [-0.1, -0.05) is 19.9 Å². The van der Waals surface area contributed by atoms with Gasteiger partial charge in [0.2, 0.25) is 10.0 Å². The van der Waals surface area contributed by atoms with Crippen LogP contribution in [0.2, 0.25) is 0 Å². The fraction of sp³-hybridized carbons (Fsp3) is 0.333. The van der Waals surface area contributed by atoms with Crippen LogP contribution in [0.5, 0.6) is 5.75 Å². The lowest BCUT2D eigenvalue weighted by atomic mass is 10.0. The number of nitrogens with one attached hydrogen (secondary N) is 1. The number of halogens is 1. The number of benzene rings is 1. The lowest BCUT2D eigenvalue weighted by molar-refractivity contribution is -0.134. The highest BCUT2D eigenvalue weighted by molar-refractivity contribution is 7.89. The summed E-state index contributed by atoms with van der Waals surface area (Å²) >= 11 is 0. The first-order chi connectivity index (χ1) is 12.8. The van der Waals surface area contributed by atoms with Gasteiger partial charge in [0.1, 0.15) is 11.8 Å². The van der Waals surface area contributed by atoms with Crippen LogP contribution >= 0.6 is 12.4 Å². The number of hydrogen-bond donors (Lipinski definition) is 2. The first-order valence-corrected chi connectivity index (χ1v) is 9.74. The molecule has 0 aliphatic rings. The van der Waals surface area contributed by atoms with Crippen LogP contribution < -0.4 is 10.2 Å². The highest BCUT2D eigenvalue weighted by Gasteiger charge is 2.38. The predicted molar refractivity (Wildman–Crippen MR) is 106 cm³/mol. The number of aromatic nitrogens is 1. The van der Waals surface area contributed by atoms with Crippen molar-refractivity contribution in [2.75, 3.05) is 7.11 Å². The lowest BCUT2D eigenvalue weighted by Gasteiger charge is -2.32. The molecule has 0 aliphatic heterocycles. The first-order valence-electron chi connectivity index (χ1n) is 8.30. The number of carbonyl (C=O) groups excluding carboxylic acids is 1. The number of amides is 1. The maximum Gasteiger partial charge on any atom is 0.262 e. The first kappa shape index (κ1) is 23.8. The summed E-state index contributed by atoms with van der Waals surface area (Å²) in [7, 11) is -2.56. The fourth-order valence-electron chi connectivity index (χ4n) is 2.72. The molecule has 1 atom stereocenters. The molecule has 1 aromatic carbocycles. The van der Waals surface area contributed by atoms with E-state index in [0.717, 1.165) is 4.31 Å². The molecular formula is C18H24ClN3O5S. The second kappa shape index (κ2) is 10.4. The van der Waals surface area contributed by atoms with E-state index in [9.17, 15) is 13.2 Å². The minimum atomic E-state index is -4.05. The van der Waals surface area contributed by atoms with Crippen LogP contribution in [0.3, 0.4) is 0 Å². The SMILES string of the molecule is COc1ccc(S(=O)(=O)N(Cc2cccnc2)[C@H](C(=O)NO)C(C)C)cc1.Cl. The Bertz CT molecular complexity index is 861. The number of hydroxylamine groups is 1. The lowest BCUT2D eigenvalue weighted by Crippen LogP contribution is -2.51. The quantitative estimate of drug-likeness (QED) is 0.492. The predicted octanol–water partition coefficient (Wildman–Crippen LogP) is 2.23. The van der Waals surface area contributed by atoms with E-state index in [-0.39, 0.29) is 29.8 Å². The molecule has 8 nitrogen and oxygen atoms in total. The average Bonchev–Trinajstić information content (AvgIpc) is 2.67. The fourth-order valence-corrected chi connectivity index (χ4v) is 4.43. The molecule has 0 bridgehead atoms. The summed E-state index contributed by atoms with van der Waals surface area (Å²) < 4.78 is 32.7. The zero-order valence-electron chi connectivity index (χ0n) is 15.8. The Labute approximate surface area is 171 Å². The molecule has 154 valence electrons. The Hall–Kier alpha value is -2.20. The zero-order valence-corrected chi connectivity index (χ0v) is 17.4. The molecule has 0 saturated heterocycles. The number of nitrogens with zero attached hydrogens (tertiary/aromatic N) is 2. The van der Waals surface area contributed by atoms with Gasteiger partial charge in [-0.05, 0) is 41.8 Å². The van der Waals surface area contributed by atoms with Crippen LogP contribution in [0.4, 0.5) is 0 Å². The summed E-state index contributed by atoms with van der Waals surface area (Å²) in [6.07, 6.45) is 3.11. The molecule has 2 aromatic rings. The maximum absolute atomic E-state index is 13.3. The third kappa shape index (κ3) is 5.41. The number of sulfonamides is 1. The van der Waals surface area contributed by atoms with Crippen molar-refractivity contribution in [2.45, 2.75) is 31.3 Å². The van der Waals surface area contributed by atoms with Crippen molar-refractivity contribution in [1.82, 2.24) is 14.8 Å². The molecule has 2 rings (SSSR count).